The number of hydrogen-bond acceptors (Lipinski definition) is 7. The van der Waals surface area contributed by atoms with Crippen LogP contribution in [0, 0.1) is 17.8 Å². The average molecular weight is 563 g/mol. The first-order valence-corrected chi connectivity index (χ1v) is 15.6. The predicted molar refractivity (Wildman–Crippen MR) is 150 cm³/mol. The first-order chi connectivity index (χ1) is 19.5. The lowest BCUT2D eigenvalue weighted by Gasteiger charge is -2.35. The molecule has 0 amide bonds. The molecule has 0 radical (unpaired) electrons. The van der Waals surface area contributed by atoms with Crippen LogP contribution in [0.3, 0.4) is 0 Å². The highest BCUT2D eigenvalue weighted by Gasteiger charge is 2.50. The van der Waals surface area contributed by atoms with Gasteiger partial charge in [-0.25, -0.2) is 9.36 Å². The third kappa shape index (κ3) is 6.12. The molecule has 8 heteroatoms. The second-order valence-corrected chi connectivity index (χ2v) is 12.5. The highest BCUT2D eigenvalue weighted by atomic mass is 31.2. The summed E-state index contributed by atoms with van der Waals surface area (Å²) in [5.74, 6) is 1.85. The third-order valence-electron chi connectivity index (χ3n) is 8.35. The van der Waals surface area contributed by atoms with E-state index >= 15 is 0 Å². The molecule has 0 spiro atoms. The Kier molecular flexibility index (Phi) is 7.97. The van der Waals surface area contributed by atoms with Gasteiger partial charge in [0.15, 0.2) is 6.61 Å². The van der Waals surface area contributed by atoms with E-state index in [2.05, 4.69) is 6.07 Å². The second-order valence-electron chi connectivity index (χ2n) is 11.0. The topological polar surface area (TPSA) is 80.3 Å². The minimum absolute atomic E-state index is 0.138. The van der Waals surface area contributed by atoms with Gasteiger partial charge in [-0.05, 0) is 91.7 Å². The molecule has 2 unspecified atom stereocenters. The molecule has 7 nitrogen and oxygen atoms in total. The van der Waals surface area contributed by atoms with Crippen molar-refractivity contribution < 1.29 is 32.4 Å². The molecule has 1 aliphatic heterocycles. The minimum Gasteiger partial charge on any atom is -0.482 e. The van der Waals surface area contributed by atoms with Gasteiger partial charge in [-0.2, -0.15) is 0 Å². The van der Waals surface area contributed by atoms with Gasteiger partial charge in [-0.15, -0.1) is 0 Å². The van der Waals surface area contributed by atoms with E-state index in [1.807, 2.05) is 67.6 Å². The summed E-state index contributed by atoms with van der Waals surface area (Å²) in [5, 5.41) is 0. The number of fused-ring (bicyclic) bond motifs is 4. The Morgan fingerprint density at radius 1 is 0.900 bits per heavy atom. The van der Waals surface area contributed by atoms with Crippen LogP contribution in [0.5, 0.6) is 11.5 Å². The van der Waals surface area contributed by atoms with Gasteiger partial charge in [0.05, 0.1) is 12.2 Å². The van der Waals surface area contributed by atoms with Crippen molar-refractivity contribution in [2.45, 2.75) is 57.8 Å². The monoisotopic (exact) mass is 562 g/mol. The van der Waals surface area contributed by atoms with Crippen molar-refractivity contribution in [3.63, 3.8) is 0 Å². The van der Waals surface area contributed by atoms with Crippen molar-refractivity contribution in [3.05, 3.63) is 95.6 Å². The quantitative estimate of drug-likeness (QED) is 0.228. The van der Waals surface area contributed by atoms with Gasteiger partial charge in [0.1, 0.15) is 18.1 Å². The zero-order chi connectivity index (χ0) is 27.5. The Labute approximate surface area is 235 Å². The summed E-state index contributed by atoms with van der Waals surface area (Å²) >= 11 is 0. The summed E-state index contributed by atoms with van der Waals surface area (Å²) in [5.41, 5.74) is 3.32. The Morgan fingerprint density at radius 2 is 1.68 bits per heavy atom. The van der Waals surface area contributed by atoms with Crippen molar-refractivity contribution in [2.75, 3.05) is 6.61 Å². The van der Waals surface area contributed by atoms with Crippen LogP contribution < -0.4 is 9.26 Å². The standard InChI is InChI=1S/C32H35O7P/c1-22-15-16-27-28-17-24-11-8-14-30(35-21-32(33)36-20-23-9-4-2-5-10-23)29(24)18-25(28)19-31(27)39-40(34,37-22)38-26-12-6-3-7-13-26/h2-14,22,25,27-28,31H,15-21H2,1H3/t22?,25-,27+,28-,31+,40?/m0/s1. The van der Waals surface area contributed by atoms with E-state index in [1.54, 1.807) is 12.1 Å². The van der Waals surface area contributed by atoms with Crippen LogP contribution in [0.4, 0.5) is 0 Å². The van der Waals surface area contributed by atoms with Crippen molar-refractivity contribution in [1.29, 1.82) is 0 Å². The number of benzene rings is 3. The van der Waals surface area contributed by atoms with Gasteiger partial charge < -0.3 is 14.0 Å². The molecular formula is C32H35O7P. The maximum atomic E-state index is 13.8. The first-order valence-electron chi connectivity index (χ1n) is 14.1. The number of rotatable bonds is 7. The van der Waals surface area contributed by atoms with Crippen molar-refractivity contribution in [1.82, 2.24) is 0 Å². The van der Waals surface area contributed by atoms with Crippen molar-refractivity contribution in [3.8, 4) is 11.5 Å². The van der Waals surface area contributed by atoms with Crippen molar-refractivity contribution in [2.24, 2.45) is 17.8 Å². The smallest absolute Gasteiger partial charge is 0.482 e. The lowest BCUT2D eigenvalue weighted by molar-refractivity contribution is -0.147. The molecule has 0 bridgehead atoms. The summed E-state index contributed by atoms with van der Waals surface area (Å²) in [6, 6.07) is 24.7. The molecule has 3 aliphatic rings. The molecule has 1 heterocycles. The number of ether oxygens (including phenoxy) is 2. The van der Waals surface area contributed by atoms with Gasteiger partial charge in [-0.1, -0.05) is 60.7 Å². The summed E-state index contributed by atoms with van der Waals surface area (Å²) < 4.78 is 43.1. The summed E-state index contributed by atoms with van der Waals surface area (Å²) in [6.07, 6.45) is 3.83. The first kappa shape index (κ1) is 27.1. The molecule has 210 valence electrons. The number of para-hydroxylation sites is 1. The highest BCUT2D eigenvalue weighted by Crippen LogP contribution is 2.59. The normalized spacial score (nSPS) is 29.2. The Balaban J connectivity index is 1.13. The van der Waals surface area contributed by atoms with Gasteiger partial charge in [0, 0.05) is 0 Å². The van der Waals surface area contributed by atoms with Gasteiger partial charge in [0.2, 0.25) is 0 Å². The Bertz CT molecular complexity index is 1360. The Morgan fingerprint density at radius 3 is 2.48 bits per heavy atom. The number of phosphoric ester groups is 1. The SMILES string of the molecule is CC1CC[C@@H]2[C@H]3Cc4cccc(OCC(=O)OCc5ccccc5)c4C[C@H]3C[C@H]2OP(=O)(Oc2ccccc2)O1. The average Bonchev–Trinajstić information content (AvgIpc) is 3.27. The third-order valence-corrected chi connectivity index (χ3v) is 9.93. The second kappa shape index (κ2) is 11.8. The van der Waals surface area contributed by atoms with Crippen LogP contribution in [-0.4, -0.2) is 24.8 Å². The van der Waals surface area contributed by atoms with Crippen LogP contribution in [0.25, 0.3) is 0 Å². The predicted octanol–water partition coefficient (Wildman–Crippen LogP) is 6.93. The van der Waals surface area contributed by atoms with E-state index in [9.17, 15) is 9.36 Å². The van der Waals surface area contributed by atoms with E-state index in [1.165, 1.54) is 5.56 Å². The molecule has 0 N–H and O–H groups in total. The Hall–Kier alpha value is -3.12. The maximum absolute atomic E-state index is 13.8. The molecule has 3 aromatic carbocycles. The largest absolute Gasteiger partial charge is 0.530 e. The molecule has 2 aliphatic carbocycles. The minimum atomic E-state index is -3.80. The van der Waals surface area contributed by atoms with E-state index in [4.69, 9.17) is 23.0 Å². The molecule has 1 saturated heterocycles. The molecule has 1 saturated carbocycles. The van der Waals surface area contributed by atoms with Gasteiger partial charge in [-0.3, -0.25) is 9.05 Å². The van der Waals surface area contributed by atoms with Crippen LogP contribution in [0.15, 0.2) is 78.9 Å². The summed E-state index contributed by atoms with van der Waals surface area (Å²) in [4.78, 5) is 12.4. The van der Waals surface area contributed by atoms with E-state index in [-0.39, 0.29) is 31.3 Å². The van der Waals surface area contributed by atoms with E-state index in [0.29, 0.717) is 17.6 Å². The van der Waals surface area contributed by atoms with Gasteiger partial charge in [0.25, 0.3) is 0 Å². The molecular weight excluding hydrogens is 527 g/mol. The van der Waals surface area contributed by atoms with Crippen molar-refractivity contribution >= 4 is 13.8 Å². The molecule has 0 aromatic heterocycles. The number of carbonyl (C=O) groups is 1. The van der Waals surface area contributed by atoms with Crippen LogP contribution in [0.1, 0.15) is 42.9 Å². The fraction of sp³-hybridized carbons (Fsp3) is 0.406. The van der Waals surface area contributed by atoms with E-state index in [0.717, 1.165) is 49.0 Å². The lowest BCUT2D eigenvalue weighted by atomic mass is 9.73. The van der Waals surface area contributed by atoms with E-state index < -0.39 is 13.8 Å². The number of phosphoric acid groups is 1. The van der Waals surface area contributed by atoms with Crippen LogP contribution in [-0.2, 0) is 42.6 Å². The van der Waals surface area contributed by atoms with Crippen LogP contribution in [0.2, 0.25) is 0 Å². The fourth-order valence-electron chi connectivity index (χ4n) is 6.49. The zero-order valence-corrected chi connectivity index (χ0v) is 23.5. The number of esters is 1. The number of carbonyl (C=O) groups excluding carboxylic acids is 1. The lowest BCUT2D eigenvalue weighted by Crippen LogP contribution is -2.30. The zero-order valence-electron chi connectivity index (χ0n) is 22.6. The fourth-order valence-corrected chi connectivity index (χ4v) is 8.13. The maximum Gasteiger partial charge on any atom is 0.530 e. The summed E-state index contributed by atoms with van der Waals surface area (Å²) in [6.45, 7) is 2.02. The van der Waals surface area contributed by atoms with Crippen LogP contribution >= 0.6 is 7.82 Å². The molecule has 2 fully saturated rings. The summed E-state index contributed by atoms with van der Waals surface area (Å²) in [7, 11) is -3.80. The number of hydrogen-bond donors (Lipinski definition) is 0. The molecule has 6 atom stereocenters. The molecule has 40 heavy (non-hydrogen) atoms. The highest BCUT2D eigenvalue weighted by molar-refractivity contribution is 7.49. The molecule has 3 aromatic rings. The van der Waals surface area contributed by atoms with Gasteiger partial charge >= 0.3 is 13.8 Å². The molecule has 6 rings (SSSR count).